The van der Waals surface area contributed by atoms with Gasteiger partial charge >= 0.3 is 0 Å². The lowest BCUT2D eigenvalue weighted by molar-refractivity contribution is -0.114. The van der Waals surface area contributed by atoms with E-state index in [1.165, 1.54) is 9.80 Å². The number of fused-ring (bicyclic) bond motifs is 2. The van der Waals surface area contributed by atoms with Gasteiger partial charge in [-0.15, -0.1) is 0 Å². The van der Waals surface area contributed by atoms with Crippen molar-refractivity contribution in [1.82, 2.24) is 9.97 Å². The van der Waals surface area contributed by atoms with E-state index in [4.69, 9.17) is 0 Å². The minimum absolute atomic E-state index is 0.220. The lowest BCUT2D eigenvalue weighted by Crippen LogP contribution is -2.24. The van der Waals surface area contributed by atoms with E-state index in [0.29, 0.717) is 33.9 Å². The molecule has 2 aliphatic rings. The van der Waals surface area contributed by atoms with Crippen LogP contribution in [0.4, 0.5) is 11.6 Å². The zero-order chi connectivity index (χ0) is 15.4. The summed E-state index contributed by atoms with van der Waals surface area (Å²) in [7, 11) is 3.32. The molecule has 0 bridgehead atoms. The number of hydrogen-bond donors (Lipinski definition) is 0. The van der Waals surface area contributed by atoms with Crippen LogP contribution in [0.15, 0.2) is 36.7 Å². The number of likely N-dealkylation sites (N-methyl/N-ethyl adjacent to an activating group) is 2. The number of aromatic nitrogens is 2. The Hall–Kier alpha value is -3.02. The highest BCUT2D eigenvalue weighted by Gasteiger charge is 2.40. The zero-order valence-corrected chi connectivity index (χ0v) is 12.1. The highest BCUT2D eigenvalue weighted by Crippen LogP contribution is 2.43. The van der Waals surface area contributed by atoms with Gasteiger partial charge in [0, 0.05) is 37.6 Å². The second-order valence-corrected chi connectivity index (χ2v) is 5.23. The molecule has 0 unspecified atom stereocenters. The van der Waals surface area contributed by atoms with Crippen molar-refractivity contribution in [3.8, 4) is 0 Å². The normalized spacial score (nSPS) is 19.7. The third-order valence-corrected chi connectivity index (χ3v) is 4.03. The van der Waals surface area contributed by atoms with Crippen LogP contribution in [0.5, 0.6) is 0 Å². The van der Waals surface area contributed by atoms with Gasteiger partial charge in [0.2, 0.25) is 0 Å². The maximum atomic E-state index is 12.6. The fourth-order valence-corrected chi connectivity index (χ4v) is 2.96. The molecule has 0 atom stereocenters. The number of carbonyl (C=O) groups excluding carboxylic acids is 2. The Morgan fingerprint density at radius 2 is 1.18 bits per heavy atom. The summed E-state index contributed by atoms with van der Waals surface area (Å²) in [5, 5.41) is 0. The molecule has 0 fully saturated rings. The van der Waals surface area contributed by atoms with E-state index in [9.17, 15) is 9.59 Å². The molecular weight excluding hydrogens is 280 g/mol. The largest absolute Gasteiger partial charge is 0.295 e. The summed E-state index contributed by atoms with van der Waals surface area (Å²) < 4.78 is 0. The number of hydrogen-bond acceptors (Lipinski definition) is 4. The van der Waals surface area contributed by atoms with E-state index in [2.05, 4.69) is 9.97 Å². The molecular formula is C16H12N4O2. The molecule has 108 valence electrons. The molecule has 0 aromatic carbocycles. The summed E-state index contributed by atoms with van der Waals surface area (Å²) in [6.45, 7) is 0. The van der Waals surface area contributed by atoms with E-state index >= 15 is 0 Å². The Kier molecular flexibility index (Phi) is 2.45. The first-order valence-corrected chi connectivity index (χ1v) is 6.82. The molecule has 2 aromatic heterocycles. The first-order valence-electron chi connectivity index (χ1n) is 6.82. The molecule has 4 rings (SSSR count). The summed E-state index contributed by atoms with van der Waals surface area (Å²) in [5.41, 5.74) is 2.16. The van der Waals surface area contributed by atoms with Gasteiger partial charge in [-0.1, -0.05) is 0 Å². The lowest BCUT2D eigenvalue weighted by atomic mass is 9.98. The number of anilines is 2. The standard InChI is InChI=1S/C16H12N4O2/c1-19-13-9(5-3-7-17-13)11(15(19)21)12-10-6-4-8-18-14(10)20(2)16(12)22/h3-8H,1-2H3/b12-11-. The average molecular weight is 292 g/mol. The van der Waals surface area contributed by atoms with Crippen molar-refractivity contribution in [2.75, 3.05) is 23.9 Å². The monoisotopic (exact) mass is 292 g/mol. The molecule has 22 heavy (non-hydrogen) atoms. The van der Waals surface area contributed by atoms with Gasteiger partial charge in [-0.2, -0.15) is 0 Å². The third-order valence-electron chi connectivity index (χ3n) is 4.03. The van der Waals surface area contributed by atoms with Crippen molar-refractivity contribution in [2.45, 2.75) is 0 Å². The van der Waals surface area contributed by atoms with Gasteiger partial charge in [-0.25, -0.2) is 9.97 Å². The Balaban J connectivity index is 2.07. The van der Waals surface area contributed by atoms with Crippen molar-refractivity contribution in [3.05, 3.63) is 47.8 Å². The maximum Gasteiger partial charge on any atom is 0.260 e. The van der Waals surface area contributed by atoms with Gasteiger partial charge in [0.05, 0.1) is 11.1 Å². The van der Waals surface area contributed by atoms with Crippen LogP contribution < -0.4 is 9.80 Å². The van der Waals surface area contributed by atoms with Crippen LogP contribution in [0.1, 0.15) is 11.1 Å². The minimum atomic E-state index is -0.220. The molecule has 0 spiro atoms. The Labute approximate surface area is 126 Å². The number of amides is 2. The van der Waals surface area contributed by atoms with Crippen LogP contribution in [-0.4, -0.2) is 35.9 Å². The van der Waals surface area contributed by atoms with Gasteiger partial charge in [-0.05, 0) is 24.3 Å². The predicted molar refractivity (Wildman–Crippen MR) is 82.1 cm³/mol. The molecule has 2 amide bonds. The van der Waals surface area contributed by atoms with Crippen LogP contribution >= 0.6 is 0 Å². The number of nitrogens with zero attached hydrogens (tertiary/aromatic N) is 4. The van der Waals surface area contributed by atoms with Crippen LogP contribution in [-0.2, 0) is 9.59 Å². The molecule has 2 aliphatic heterocycles. The van der Waals surface area contributed by atoms with Gasteiger partial charge in [0.1, 0.15) is 11.6 Å². The Bertz CT molecular complexity index is 800. The molecule has 0 radical (unpaired) electrons. The van der Waals surface area contributed by atoms with Gasteiger partial charge < -0.3 is 0 Å². The molecule has 0 saturated carbocycles. The molecule has 0 N–H and O–H groups in total. The van der Waals surface area contributed by atoms with Crippen molar-refractivity contribution >= 4 is 34.6 Å². The topological polar surface area (TPSA) is 66.4 Å². The van der Waals surface area contributed by atoms with E-state index in [0.717, 1.165) is 0 Å². The van der Waals surface area contributed by atoms with Crippen LogP contribution in [0.3, 0.4) is 0 Å². The van der Waals surface area contributed by atoms with E-state index in [-0.39, 0.29) is 11.8 Å². The quantitative estimate of drug-likeness (QED) is 0.687. The summed E-state index contributed by atoms with van der Waals surface area (Å²) >= 11 is 0. The third kappa shape index (κ3) is 1.43. The summed E-state index contributed by atoms with van der Waals surface area (Å²) in [6, 6.07) is 7.15. The van der Waals surface area contributed by atoms with Crippen molar-refractivity contribution in [3.63, 3.8) is 0 Å². The highest BCUT2D eigenvalue weighted by molar-refractivity contribution is 6.49. The first kappa shape index (κ1) is 12.7. The van der Waals surface area contributed by atoms with Crippen molar-refractivity contribution < 1.29 is 9.59 Å². The smallest absolute Gasteiger partial charge is 0.260 e. The predicted octanol–water partition coefficient (Wildman–Crippen LogP) is 1.34. The Morgan fingerprint density at radius 3 is 1.59 bits per heavy atom. The molecule has 4 heterocycles. The molecule has 0 saturated heterocycles. The number of rotatable bonds is 0. The van der Waals surface area contributed by atoms with E-state index < -0.39 is 0 Å². The van der Waals surface area contributed by atoms with Crippen LogP contribution in [0.25, 0.3) is 11.1 Å². The van der Waals surface area contributed by atoms with Gasteiger partial charge in [0.25, 0.3) is 11.8 Å². The minimum Gasteiger partial charge on any atom is -0.295 e. The highest BCUT2D eigenvalue weighted by atomic mass is 16.2. The average Bonchev–Trinajstić information content (AvgIpc) is 2.94. The fourth-order valence-electron chi connectivity index (χ4n) is 2.96. The molecule has 0 aliphatic carbocycles. The molecule has 2 aromatic rings. The molecule has 6 heteroatoms. The lowest BCUT2D eigenvalue weighted by Gasteiger charge is -2.08. The van der Waals surface area contributed by atoms with Gasteiger partial charge in [0.15, 0.2) is 0 Å². The zero-order valence-electron chi connectivity index (χ0n) is 12.1. The van der Waals surface area contributed by atoms with E-state index in [1.54, 1.807) is 38.6 Å². The van der Waals surface area contributed by atoms with Crippen molar-refractivity contribution in [1.29, 1.82) is 0 Å². The molecule has 6 nitrogen and oxygen atoms in total. The summed E-state index contributed by atoms with van der Waals surface area (Å²) in [4.78, 5) is 36.7. The SMILES string of the molecule is CN1C(=O)/C(=C2\C(=O)N(C)c3ncccc32)c2cccnc21. The second kappa shape index (κ2) is 4.24. The number of pyridine rings is 2. The Morgan fingerprint density at radius 1 is 0.773 bits per heavy atom. The van der Waals surface area contributed by atoms with Crippen molar-refractivity contribution in [2.24, 2.45) is 0 Å². The summed E-state index contributed by atoms with van der Waals surface area (Å²) in [6.07, 6.45) is 3.27. The first-order chi connectivity index (χ1) is 10.6. The number of carbonyl (C=O) groups is 2. The fraction of sp³-hybridized carbons (Fsp3) is 0.125. The van der Waals surface area contributed by atoms with Gasteiger partial charge in [-0.3, -0.25) is 19.4 Å². The van der Waals surface area contributed by atoms with Crippen LogP contribution in [0.2, 0.25) is 0 Å². The van der Waals surface area contributed by atoms with E-state index in [1.807, 2.05) is 12.1 Å². The maximum absolute atomic E-state index is 12.6. The van der Waals surface area contributed by atoms with Crippen LogP contribution in [0, 0.1) is 0 Å². The second-order valence-electron chi connectivity index (χ2n) is 5.23. The summed E-state index contributed by atoms with van der Waals surface area (Å²) in [5.74, 6) is 0.704.